The van der Waals surface area contributed by atoms with Crippen molar-refractivity contribution in [3.63, 3.8) is 0 Å². The van der Waals surface area contributed by atoms with Crippen molar-refractivity contribution >= 4 is 49.9 Å². The van der Waals surface area contributed by atoms with E-state index in [1.54, 1.807) is 17.4 Å². The molecule has 0 amide bonds. The second kappa shape index (κ2) is 5.84. The molecule has 0 radical (unpaired) electrons. The lowest BCUT2D eigenvalue weighted by molar-refractivity contribution is 0.629. The highest BCUT2D eigenvalue weighted by Crippen LogP contribution is 2.24. The van der Waals surface area contributed by atoms with Gasteiger partial charge in [0.05, 0.1) is 20.7 Å². The van der Waals surface area contributed by atoms with Gasteiger partial charge in [0.15, 0.2) is 0 Å². The standard InChI is InChI=1S/C14H11BrClFN2S/c15-13-4-2-10(20-13)5-6-19-12-3-1-9(17)7-11(12)18-14(19)8-16/h1-4,7H,5-6,8H2. The molecule has 0 spiro atoms. The number of hydrogen-bond donors (Lipinski definition) is 0. The third-order valence-corrected chi connectivity index (χ3v) is 5.04. The number of aryl methyl sites for hydroxylation is 2. The lowest BCUT2D eigenvalue weighted by atomic mass is 10.3. The van der Waals surface area contributed by atoms with E-state index in [0.29, 0.717) is 11.4 Å². The molecule has 0 aliphatic carbocycles. The molecule has 0 saturated carbocycles. The molecule has 0 N–H and O–H groups in total. The van der Waals surface area contributed by atoms with Gasteiger partial charge < -0.3 is 4.57 Å². The Morgan fingerprint density at radius 1 is 1.30 bits per heavy atom. The van der Waals surface area contributed by atoms with E-state index in [1.165, 1.54) is 17.0 Å². The Morgan fingerprint density at radius 2 is 2.15 bits per heavy atom. The van der Waals surface area contributed by atoms with Crippen LogP contribution in [0.2, 0.25) is 0 Å². The summed E-state index contributed by atoms with van der Waals surface area (Å²) in [7, 11) is 0. The van der Waals surface area contributed by atoms with Crippen LogP contribution in [0.3, 0.4) is 0 Å². The van der Waals surface area contributed by atoms with Gasteiger partial charge >= 0.3 is 0 Å². The monoisotopic (exact) mass is 372 g/mol. The zero-order valence-corrected chi connectivity index (χ0v) is 13.6. The molecule has 0 saturated heterocycles. The molecular formula is C14H11BrClFN2S. The number of rotatable bonds is 4. The van der Waals surface area contributed by atoms with Crippen LogP contribution in [-0.4, -0.2) is 9.55 Å². The summed E-state index contributed by atoms with van der Waals surface area (Å²) in [6.45, 7) is 0.789. The van der Waals surface area contributed by atoms with Gasteiger partial charge in [-0.25, -0.2) is 9.37 Å². The molecule has 6 heteroatoms. The number of fused-ring (bicyclic) bond motifs is 1. The van der Waals surface area contributed by atoms with Crippen molar-refractivity contribution in [3.8, 4) is 0 Å². The van der Waals surface area contributed by atoms with Crippen molar-refractivity contribution in [1.82, 2.24) is 9.55 Å². The Morgan fingerprint density at radius 3 is 2.85 bits per heavy atom. The lowest BCUT2D eigenvalue weighted by Crippen LogP contribution is -2.04. The first-order chi connectivity index (χ1) is 9.67. The molecule has 1 aromatic carbocycles. The molecule has 20 heavy (non-hydrogen) atoms. The maximum atomic E-state index is 13.2. The van der Waals surface area contributed by atoms with Gasteiger partial charge in [-0.1, -0.05) is 0 Å². The number of imidazole rings is 1. The Bertz CT molecular complexity index is 753. The highest BCUT2D eigenvalue weighted by Gasteiger charge is 2.11. The maximum Gasteiger partial charge on any atom is 0.125 e. The average Bonchev–Trinajstić information content (AvgIpc) is 2.99. The lowest BCUT2D eigenvalue weighted by Gasteiger charge is -2.06. The van der Waals surface area contributed by atoms with E-state index >= 15 is 0 Å². The van der Waals surface area contributed by atoms with Crippen LogP contribution in [-0.2, 0) is 18.8 Å². The smallest absolute Gasteiger partial charge is 0.125 e. The van der Waals surface area contributed by atoms with Crippen LogP contribution in [0.1, 0.15) is 10.7 Å². The van der Waals surface area contributed by atoms with Gasteiger partial charge in [0.25, 0.3) is 0 Å². The van der Waals surface area contributed by atoms with Crippen LogP contribution in [0.5, 0.6) is 0 Å². The van der Waals surface area contributed by atoms with Crippen molar-refractivity contribution in [3.05, 3.63) is 50.6 Å². The Hall–Kier alpha value is -0.910. The normalized spacial score (nSPS) is 11.3. The fourth-order valence-corrected chi connectivity index (χ4v) is 3.89. The first-order valence-corrected chi connectivity index (χ1v) is 8.26. The van der Waals surface area contributed by atoms with Crippen molar-refractivity contribution in [2.24, 2.45) is 0 Å². The second-order valence-corrected chi connectivity index (χ2v) is 7.22. The number of alkyl halides is 1. The summed E-state index contributed by atoms with van der Waals surface area (Å²) in [4.78, 5) is 5.69. The summed E-state index contributed by atoms with van der Waals surface area (Å²) in [6, 6.07) is 8.82. The number of aromatic nitrogens is 2. The van der Waals surface area contributed by atoms with Crippen LogP contribution >= 0.6 is 38.9 Å². The Kier molecular flexibility index (Phi) is 4.10. The van der Waals surface area contributed by atoms with Crippen LogP contribution in [0.4, 0.5) is 4.39 Å². The zero-order valence-electron chi connectivity index (χ0n) is 10.4. The third kappa shape index (κ3) is 2.75. The summed E-state index contributed by atoms with van der Waals surface area (Å²) in [5.74, 6) is 0.832. The van der Waals surface area contributed by atoms with E-state index in [0.717, 1.165) is 28.1 Å². The van der Waals surface area contributed by atoms with Crippen molar-refractivity contribution in [2.45, 2.75) is 18.8 Å². The van der Waals surface area contributed by atoms with Crippen LogP contribution in [0.15, 0.2) is 34.1 Å². The van der Waals surface area contributed by atoms with E-state index in [1.807, 2.05) is 6.07 Å². The molecule has 2 heterocycles. The minimum Gasteiger partial charge on any atom is -0.327 e. The minimum absolute atomic E-state index is 0.273. The largest absolute Gasteiger partial charge is 0.327 e. The molecule has 0 fully saturated rings. The summed E-state index contributed by atoms with van der Waals surface area (Å²) in [5, 5.41) is 0. The van der Waals surface area contributed by atoms with Gasteiger partial charge in [0.1, 0.15) is 11.6 Å². The van der Waals surface area contributed by atoms with E-state index in [-0.39, 0.29) is 5.82 Å². The first-order valence-electron chi connectivity index (χ1n) is 6.12. The number of thiophene rings is 1. The van der Waals surface area contributed by atoms with E-state index < -0.39 is 0 Å². The summed E-state index contributed by atoms with van der Waals surface area (Å²) < 4.78 is 16.4. The van der Waals surface area contributed by atoms with E-state index in [9.17, 15) is 4.39 Å². The van der Waals surface area contributed by atoms with Crippen molar-refractivity contribution < 1.29 is 4.39 Å². The Labute approximate surface area is 133 Å². The number of benzene rings is 1. The molecule has 3 aromatic rings. The number of hydrogen-bond acceptors (Lipinski definition) is 2. The molecule has 3 rings (SSSR count). The molecule has 0 bridgehead atoms. The summed E-state index contributed by atoms with van der Waals surface area (Å²) in [6.07, 6.45) is 0.906. The third-order valence-electron chi connectivity index (χ3n) is 3.12. The van der Waals surface area contributed by atoms with Gasteiger partial charge in [-0.15, -0.1) is 22.9 Å². The van der Waals surface area contributed by atoms with Gasteiger partial charge in [0.2, 0.25) is 0 Å². The fourth-order valence-electron chi connectivity index (χ4n) is 2.21. The molecular weight excluding hydrogens is 363 g/mol. The van der Waals surface area contributed by atoms with Crippen LogP contribution < -0.4 is 0 Å². The molecule has 0 atom stereocenters. The zero-order chi connectivity index (χ0) is 14.1. The summed E-state index contributed by atoms with van der Waals surface area (Å²) >= 11 is 11.1. The van der Waals surface area contributed by atoms with Crippen molar-refractivity contribution in [2.75, 3.05) is 0 Å². The molecule has 0 unspecified atom stereocenters. The quantitative estimate of drug-likeness (QED) is 0.590. The Balaban J connectivity index is 1.93. The molecule has 104 valence electrons. The molecule has 0 aliphatic heterocycles. The molecule has 0 aliphatic rings. The first kappa shape index (κ1) is 14.0. The van der Waals surface area contributed by atoms with E-state index in [4.69, 9.17) is 11.6 Å². The fraction of sp³-hybridized carbons (Fsp3) is 0.214. The maximum absolute atomic E-state index is 13.2. The minimum atomic E-state index is -0.273. The number of halogens is 3. The van der Waals surface area contributed by atoms with Gasteiger partial charge in [-0.05, 0) is 46.6 Å². The van der Waals surface area contributed by atoms with Gasteiger partial charge in [0, 0.05) is 17.5 Å². The van der Waals surface area contributed by atoms with Crippen LogP contribution in [0.25, 0.3) is 11.0 Å². The molecule has 2 nitrogen and oxygen atoms in total. The van der Waals surface area contributed by atoms with Gasteiger partial charge in [-0.2, -0.15) is 0 Å². The van der Waals surface area contributed by atoms with E-state index in [2.05, 4.69) is 31.5 Å². The average molecular weight is 374 g/mol. The number of nitrogens with zero attached hydrogens (tertiary/aromatic N) is 2. The summed E-state index contributed by atoms with van der Waals surface area (Å²) in [5.41, 5.74) is 1.59. The van der Waals surface area contributed by atoms with Crippen molar-refractivity contribution in [1.29, 1.82) is 0 Å². The highest BCUT2D eigenvalue weighted by molar-refractivity contribution is 9.11. The highest BCUT2D eigenvalue weighted by atomic mass is 79.9. The molecule has 2 aromatic heterocycles. The topological polar surface area (TPSA) is 17.8 Å². The predicted molar refractivity (Wildman–Crippen MR) is 85.0 cm³/mol. The SMILES string of the molecule is Fc1ccc2c(c1)nc(CCl)n2CCc1ccc(Br)s1. The van der Waals surface area contributed by atoms with Crippen LogP contribution in [0, 0.1) is 5.82 Å². The predicted octanol–water partition coefficient (Wildman–Crippen LogP) is 4.98. The van der Waals surface area contributed by atoms with Gasteiger partial charge in [-0.3, -0.25) is 0 Å². The second-order valence-electron chi connectivity index (χ2n) is 4.40.